The number of hydrogen-bond donors (Lipinski definition) is 2. The summed E-state index contributed by atoms with van der Waals surface area (Å²) in [6.45, 7) is 3.04. The Morgan fingerprint density at radius 3 is 1.88 bits per heavy atom. The van der Waals surface area contributed by atoms with Gasteiger partial charge < -0.3 is 47.6 Å². The Kier molecular flexibility index (Phi) is 10.0. The minimum atomic E-state index is -0.119. The van der Waals surface area contributed by atoms with Gasteiger partial charge in [0.2, 0.25) is 5.75 Å². The van der Waals surface area contributed by atoms with E-state index in [9.17, 15) is 10.2 Å². The van der Waals surface area contributed by atoms with Gasteiger partial charge >= 0.3 is 0 Å². The van der Waals surface area contributed by atoms with Crippen molar-refractivity contribution in [1.29, 1.82) is 0 Å². The molecule has 0 aliphatic carbocycles. The van der Waals surface area contributed by atoms with Crippen molar-refractivity contribution in [1.82, 2.24) is 0 Å². The summed E-state index contributed by atoms with van der Waals surface area (Å²) in [6.07, 6.45) is 3.01. The lowest BCUT2D eigenvalue weighted by molar-refractivity contribution is -0.941. The van der Waals surface area contributed by atoms with Crippen LogP contribution in [-0.2, 0) is 25.7 Å². The Labute approximate surface area is 306 Å². The Morgan fingerprint density at radius 1 is 0.635 bits per heavy atom. The van der Waals surface area contributed by atoms with Crippen molar-refractivity contribution in [2.45, 2.75) is 37.8 Å². The fraction of sp³-hybridized carbons (Fsp3) is 0.429. The van der Waals surface area contributed by atoms with Gasteiger partial charge in [-0.25, -0.2) is 0 Å². The Morgan fingerprint density at radius 2 is 1.23 bits per heavy atom. The van der Waals surface area contributed by atoms with Crippen molar-refractivity contribution in [3.05, 3.63) is 94.0 Å². The van der Waals surface area contributed by atoms with E-state index in [4.69, 9.17) is 28.4 Å². The maximum absolute atomic E-state index is 10.4. The number of aliphatic hydroxyl groups is 2. The van der Waals surface area contributed by atoms with Gasteiger partial charge in [0.05, 0.1) is 74.4 Å². The molecule has 4 aliphatic rings. The van der Waals surface area contributed by atoms with Crippen LogP contribution >= 0.6 is 0 Å². The molecule has 52 heavy (non-hydrogen) atoms. The second-order valence-corrected chi connectivity index (χ2v) is 14.8. The number of likely N-dealkylation sites (N-methyl/N-ethyl adjacent to an activating group) is 2. The highest BCUT2D eigenvalue weighted by Crippen LogP contribution is 2.53. The number of rotatable bonds is 8. The van der Waals surface area contributed by atoms with Crippen LogP contribution in [0.1, 0.15) is 45.5 Å². The maximum atomic E-state index is 10.4. The van der Waals surface area contributed by atoms with E-state index in [0.29, 0.717) is 68.7 Å². The number of aliphatic hydroxyl groups excluding tert-OH is 2. The molecule has 10 heteroatoms. The molecule has 0 amide bonds. The van der Waals surface area contributed by atoms with Gasteiger partial charge in [-0.1, -0.05) is 18.2 Å². The zero-order valence-corrected chi connectivity index (χ0v) is 31.2. The highest BCUT2D eigenvalue weighted by atomic mass is 16.5. The molecule has 0 saturated carbocycles. The molecule has 4 aliphatic heterocycles. The average Bonchev–Trinajstić information content (AvgIpc) is 3.14. The third kappa shape index (κ3) is 6.42. The minimum absolute atomic E-state index is 0.0453. The molecule has 2 unspecified atom stereocenters. The Balaban J connectivity index is 1.51. The summed E-state index contributed by atoms with van der Waals surface area (Å²) in [7, 11) is 11.1. The van der Waals surface area contributed by atoms with E-state index in [1.54, 1.807) is 28.4 Å². The SMILES string of the molecule is COc1ccc2cc1Oc1ccc(cc1)C[C@H]1c3cc(c(OC)cc3CC[N+]1(C)CCO)Oc1c(OC)c(OC)cc3c1[C@H](C2)[N+](C)(CCO)CC3. The summed E-state index contributed by atoms with van der Waals surface area (Å²) in [5, 5.41) is 20.7. The van der Waals surface area contributed by atoms with Crippen LogP contribution in [0.5, 0.6) is 46.0 Å². The van der Waals surface area contributed by atoms with Crippen LogP contribution in [0.25, 0.3) is 0 Å². The molecule has 2 N–H and O–H groups in total. The highest BCUT2D eigenvalue weighted by molar-refractivity contribution is 5.63. The predicted octanol–water partition coefficient (Wildman–Crippen LogP) is 6.18. The third-order valence-electron chi connectivity index (χ3n) is 11.8. The van der Waals surface area contributed by atoms with Crippen molar-refractivity contribution in [3.8, 4) is 46.0 Å². The lowest BCUT2D eigenvalue weighted by Gasteiger charge is -2.46. The van der Waals surface area contributed by atoms with Crippen molar-refractivity contribution in [3.63, 3.8) is 0 Å². The van der Waals surface area contributed by atoms with Crippen LogP contribution in [0.3, 0.4) is 0 Å². The number of methoxy groups -OCH3 is 4. The summed E-state index contributed by atoms with van der Waals surface area (Å²) in [5.74, 6) is 4.93. The van der Waals surface area contributed by atoms with Crippen LogP contribution in [0.15, 0.2) is 60.7 Å². The predicted molar refractivity (Wildman–Crippen MR) is 198 cm³/mol. The normalized spacial score (nSPS) is 23.3. The topological polar surface area (TPSA) is 95.8 Å². The first kappa shape index (κ1) is 35.9. The molecule has 0 fully saturated rings. The number of quaternary nitrogens is 2. The molecule has 0 spiro atoms. The first-order chi connectivity index (χ1) is 25.2. The van der Waals surface area contributed by atoms with Crippen LogP contribution in [0.4, 0.5) is 0 Å². The van der Waals surface area contributed by atoms with Crippen LogP contribution < -0.4 is 28.4 Å². The zero-order valence-electron chi connectivity index (χ0n) is 31.2. The molecular formula is C42H52N2O8+2. The van der Waals surface area contributed by atoms with Crippen molar-refractivity contribution in [2.75, 3.05) is 81.9 Å². The van der Waals surface area contributed by atoms with E-state index in [0.717, 1.165) is 54.8 Å². The lowest BCUT2D eigenvalue weighted by Crippen LogP contribution is -2.53. The molecule has 6 bridgehead atoms. The van der Waals surface area contributed by atoms with Crippen LogP contribution in [-0.4, -0.2) is 101 Å². The van der Waals surface area contributed by atoms with Gasteiger partial charge in [-0.05, 0) is 64.7 Å². The van der Waals surface area contributed by atoms with E-state index in [2.05, 4.69) is 56.6 Å². The number of benzene rings is 4. The summed E-state index contributed by atoms with van der Waals surface area (Å²) >= 11 is 0. The van der Waals surface area contributed by atoms with E-state index in [1.165, 1.54) is 16.7 Å². The van der Waals surface area contributed by atoms with Gasteiger partial charge in [-0.3, -0.25) is 0 Å². The number of ether oxygens (including phenoxy) is 6. The molecule has 4 aromatic rings. The van der Waals surface area contributed by atoms with Gasteiger partial charge in [0, 0.05) is 31.2 Å². The van der Waals surface area contributed by atoms with Gasteiger partial charge in [0.1, 0.15) is 30.9 Å². The van der Waals surface area contributed by atoms with E-state index in [1.807, 2.05) is 18.2 Å². The third-order valence-corrected chi connectivity index (χ3v) is 11.8. The Hall–Kier alpha value is -4.48. The van der Waals surface area contributed by atoms with E-state index < -0.39 is 0 Å². The number of nitrogens with zero attached hydrogens (tertiary/aromatic N) is 2. The summed E-state index contributed by atoms with van der Waals surface area (Å²) < 4.78 is 38.8. The largest absolute Gasteiger partial charge is 0.493 e. The molecule has 0 radical (unpaired) electrons. The zero-order chi connectivity index (χ0) is 36.6. The number of fused-ring (bicyclic) bond motifs is 2. The van der Waals surface area contributed by atoms with Crippen molar-refractivity contribution in [2.24, 2.45) is 0 Å². The van der Waals surface area contributed by atoms with E-state index in [-0.39, 0.29) is 25.3 Å². The number of hydrogen-bond acceptors (Lipinski definition) is 8. The fourth-order valence-electron chi connectivity index (χ4n) is 8.74. The molecule has 4 atom stereocenters. The summed E-state index contributed by atoms with van der Waals surface area (Å²) in [6, 6.07) is 20.7. The van der Waals surface area contributed by atoms with Crippen LogP contribution in [0, 0.1) is 0 Å². The molecule has 0 aromatic heterocycles. The molecule has 4 aromatic carbocycles. The standard InChI is InChI=1S/C42H52N2O8/c1-43(17-19-45)15-13-29-24-36(48-4)38-26-32(29)33(43)21-27-7-10-31(11-8-27)51-37-23-28(9-12-35(37)47-3)22-34-40-30(14-16-44(34,2)18-20-46)25-39(49-5)41(50-6)42(40)52-38/h7-12,23-26,33-34,45-46H,13-22H2,1-6H3/q+2/t33-,34-,43?,44?/m0/s1. The molecule has 0 saturated heterocycles. The first-order valence-electron chi connectivity index (χ1n) is 18.2. The Bertz CT molecular complexity index is 1930. The maximum Gasteiger partial charge on any atom is 0.204 e. The molecular weight excluding hydrogens is 660 g/mol. The van der Waals surface area contributed by atoms with Crippen molar-refractivity contribution >= 4 is 0 Å². The van der Waals surface area contributed by atoms with Gasteiger partial charge in [0.25, 0.3) is 0 Å². The quantitative estimate of drug-likeness (QED) is 0.210. The minimum Gasteiger partial charge on any atom is -0.493 e. The van der Waals surface area contributed by atoms with Crippen molar-refractivity contribution < 1.29 is 47.6 Å². The molecule has 8 rings (SSSR count). The fourth-order valence-corrected chi connectivity index (χ4v) is 8.74. The monoisotopic (exact) mass is 712 g/mol. The lowest BCUT2D eigenvalue weighted by atomic mass is 9.85. The second-order valence-electron chi connectivity index (χ2n) is 14.8. The van der Waals surface area contributed by atoms with Crippen LogP contribution in [0.2, 0.25) is 0 Å². The summed E-state index contributed by atoms with van der Waals surface area (Å²) in [4.78, 5) is 0. The molecule has 276 valence electrons. The molecule has 10 nitrogen and oxygen atoms in total. The smallest absolute Gasteiger partial charge is 0.204 e. The van der Waals surface area contributed by atoms with Gasteiger partial charge in [-0.15, -0.1) is 0 Å². The van der Waals surface area contributed by atoms with E-state index >= 15 is 0 Å². The first-order valence-corrected chi connectivity index (χ1v) is 18.2. The summed E-state index contributed by atoms with van der Waals surface area (Å²) in [5.41, 5.74) is 6.75. The average molecular weight is 713 g/mol. The van der Waals surface area contributed by atoms with Gasteiger partial charge in [-0.2, -0.15) is 0 Å². The van der Waals surface area contributed by atoms with Gasteiger partial charge in [0.15, 0.2) is 34.5 Å². The molecule has 4 heterocycles. The second kappa shape index (κ2) is 14.5. The highest BCUT2D eigenvalue weighted by Gasteiger charge is 2.44.